The summed E-state index contributed by atoms with van der Waals surface area (Å²) >= 11 is 0. The first-order valence-electron chi connectivity index (χ1n) is 6.20. The fourth-order valence-electron chi connectivity index (χ4n) is 1.90. The minimum Gasteiger partial charge on any atom is -0.340 e. The van der Waals surface area contributed by atoms with Crippen LogP contribution in [0.3, 0.4) is 0 Å². The van der Waals surface area contributed by atoms with Gasteiger partial charge in [-0.15, -0.1) is 0 Å². The van der Waals surface area contributed by atoms with Gasteiger partial charge in [-0.25, -0.2) is 0 Å². The van der Waals surface area contributed by atoms with Gasteiger partial charge >= 0.3 is 0 Å². The third-order valence-electron chi connectivity index (χ3n) is 2.74. The van der Waals surface area contributed by atoms with Crippen molar-refractivity contribution < 1.29 is 4.52 Å². The van der Waals surface area contributed by atoms with Crippen LogP contribution in [0, 0.1) is 6.92 Å². The predicted molar refractivity (Wildman–Crippen MR) is 67.0 cm³/mol. The lowest BCUT2D eigenvalue weighted by atomic mass is 10.2. The fourth-order valence-corrected chi connectivity index (χ4v) is 1.90. The van der Waals surface area contributed by atoms with Gasteiger partial charge in [0, 0.05) is 45.2 Å². The van der Waals surface area contributed by atoms with Crippen LogP contribution in [0.4, 0.5) is 0 Å². The number of aryl methyl sites for hydroxylation is 3. The summed E-state index contributed by atoms with van der Waals surface area (Å²) in [5.74, 6) is 1.37. The number of rotatable bonds is 6. The van der Waals surface area contributed by atoms with Crippen molar-refractivity contribution in [2.75, 3.05) is 6.54 Å². The zero-order valence-electron chi connectivity index (χ0n) is 11.1. The number of nitrogens with one attached hydrogen (secondary N) is 1. The second-order valence-electron chi connectivity index (χ2n) is 4.28. The topological polar surface area (TPSA) is 68.8 Å². The SMILES string of the molecule is CCc1nn(C)cc1CNCCc1noc(C)n1. The lowest BCUT2D eigenvalue weighted by Crippen LogP contribution is -2.17. The summed E-state index contributed by atoms with van der Waals surface area (Å²) in [5, 5.41) is 11.6. The van der Waals surface area contributed by atoms with Crippen molar-refractivity contribution in [1.82, 2.24) is 25.2 Å². The van der Waals surface area contributed by atoms with Gasteiger partial charge in [0.1, 0.15) is 0 Å². The Morgan fingerprint density at radius 3 is 2.94 bits per heavy atom. The van der Waals surface area contributed by atoms with Crippen LogP contribution in [0.15, 0.2) is 10.7 Å². The highest BCUT2D eigenvalue weighted by atomic mass is 16.5. The summed E-state index contributed by atoms with van der Waals surface area (Å²) in [4.78, 5) is 4.16. The van der Waals surface area contributed by atoms with Gasteiger partial charge in [-0.2, -0.15) is 10.1 Å². The van der Waals surface area contributed by atoms with Crippen LogP contribution in [0.2, 0.25) is 0 Å². The van der Waals surface area contributed by atoms with E-state index in [0.717, 1.165) is 37.4 Å². The molecular formula is C12H19N5O. The quantitative estimate of drug-likeness (QED) is 0.774. The molecule has 0 unspecified atom stereocenters. The maximum atomic E-state index is 4.92. The number of aromatic nitrogens is 4. The monoisotopic (exact) mass is 249 g/mol. The molecule has 0 radical (unpaired) electrons. The zero-order valence-corrected chi connectivity index (χ0v) is 11.1. The van der Waals surface area contributed by atoms with E-state index in [1.807, 2.05) is 11.7 Å². The van der Waals surface area contributed by atoms with Gasteiger partial charge in [0.05, 0.1) is 5.69 Å². The molecule has 0 bridgehead atoms. The molecule has 2 heterocycles. The van der Waals surface area contributed by atoms with Crippen LogP contribution in [-0.2, 0) is 26.4 Å². The molecule has 98 valence electrons. The Bertz CT molecular complexity index is 502. The molecule has 6 heteroatoms. The van der Waals surface area contributed by atoms with E-state index in [-0.39, 0.29) is 0 Å². The van der Waals surface area contributed by atoms with Crippen LogP contribution in [0.1, 0.15) is 29.9 Å². The highest BCUT2D eigenvalue weighted by molar-refractivity contribution is 5.16. The molecule has 0 spiro atoms. The van der Waals surface area contributed by atoms with Crippen molar-refractivity contribution in [1.29, 1.82) is 0 Å². The Kier molecular flexibility index (Phi) is 4.09. The molecule has 0 saturated heterocycles. The smallest absolute Gasteiger partial charge is 0.223 e. The second kappa shape index (κ2) is 5.77. The van der Waals surface area contributed by atoms with Crippen molar-refractivity contribution in [3.63, 3.8) is 0 Å². The number of nitrogens with zero attached hydrogens (tertiary/aromatic N) is 4. The molecule has 1 N–H and O–H groups in total. The molecular weight excluding hydrogens is 230 g/mol. The molecule has 0 aromatic carbocycles. The van der Waals surface area contributed by atoms with Crippen molar-refractivity contribution in [3.8, 4) is 0 Å². The minimum absolute atomic E-state index is 0.616. The van der Waals surface area contributed by atoms with Gasteiger partial charge < -0.3 is 9.84 Å². The van der Waals surface area contributed by atoms with E-state index in [4.69, 9.17) is 4.52 Å². The highest BCUT2D eigenvalue weighted by Gasteiger charge is 2.06. The summed E-state index contributed by atoms with van der Waals surface area (Å²) in [5.41, 5.74) is 2.41. The summed E-state index contributed by atoms with van der Waals surface area (Å²) in [6, 6.07) is 0. The molecule has 0 saturated carbocycles. The van der Waals surface area contributed by atoms with E-state index in [1.54, 1.807) is 6.92 Å². The first-order chi connectivity index (χ1) is 8.69. The van der Waals surface area contributed by atoms with E-state index in [9.17, 15) is 0 Å². The first kappa shape index (κ1) is 12.8. The summed E-state index contributed by atoms with van der Waals surface area (Å²) in [7, 11) is 1.95. The van der Waals surface area contributed by atoms with Crippen LogP contribution in [-0.4, -0.2) is 26.5 Å². The van der Waals surface area contributed by atoms with Crippen molar-refractivity contribution in [2.45, 2.75) is 33.2 Å². The van der Waals surface area contributed by atoms with Gasteiger partial charge in [0.2, 0.25) is 5.89 Å². The summed E-state index contributed by atoms with van der Waals surface area (Å²) in [6.45, 7) is 5.58. The van der Waals surface area contributed by atoms with E-state index in [0.29, 0.717) is 5.89 Å². The van der Waals surface area contributed by atoms with Crippen molar-refractivity contribution in [2.24, 2.45) is 7.05 Å². The average molecular weight is 249 g/mol. The van der Waals surface area contributed by atoms with Crippen LogP contribution in [0.25, 0.3) is 0 Å². The largest absolute Gasteiger partial charge is 0.340 e. The molecule has 2 rings (SSSR count). The standard InChI is InChI=1S/C12H19N5O/c1-4-11-10(8-17(3)15-11)7-13-6-5-12-14-9(2)18-16-12/h8,13H,4-7H2,1-3H3. The van der Waals surface area contributed by atoms with E-state index >= 15 is 0 Å². The van der Waals surface area contributed by atoms with Gasteiger partial charge in [0.25, 0.3) is 0 Å². The molecule has 2 aromatic heterocycles. The van der Waals surface area contributed by atoms with Crippen LogP contribution in [0.5, 0.6) is 0 Å². The zero-order chi connectivity index (χ0) is 13.0. The molecule has 0 amide bonds. The number of hydrogen-bond donors (Lipinski definition) is 1. The highest BCUT2D eigenvalue weighted by Crippen LogP contribution is 2.06. The lowest BCUT2D eigenvalue weighted by molar-refractivity contribution is 0.387. The van der Waals surface area contributed by atoms with Gasteiger partial charge in [-0.1, -0.05) is 12.1 Å². The van der Waals surface area contributed by atoms with Gasteiger partial charge in [0.15, 0.2) is 5.82 Å². The van der Waals surface area contributed by atoms with Crippen LogP contribution >= 0.6 is 0 Å². The fraction of sp³-hybridized carbons (Fsp3) is 0.583. The van der Waals surface area contributed by atoms with E-state index < -0.39 is 0 Å². The molecule has 0 aliphatic carbocycles. The van der Waals surface area contributed by atoms with Gasteiger partial charge in [-0.05, 0) is 6.42 Å². The molecule has 0 aliphatic heterocycles. The third kappa shape index (κ3) is 3.16. The van der Waals surface area contributed by atoms with Crippen LogP contribution < -0.4 is 5.32 Å². The Morgan fingerprint density at radius 1 is 1.44 bits per heavy atom. The maximum Gasteiger partial charge on any atom is 0.223 e. The Labute approximate surface area is 106 Å². The molecule has 2 aromatic rings. The van der Waals surface area contributed by atoms with Crippen molar-refractivity contribution in [3.05, 3.63) is 29.2 Å². The molecule has 0 aliphatic rings. The van der Waals surface area contributed by atoms with E-state index in [2.05, 4.69) is 33.7 Å². The van der Waals surface area contributed by atoms with E-state index in [1.165, 1.54) is 5.56 Å². The lowest BCUT2D eigenvalue weighted by Gasteiger charge is -2.02. The van der Waals surface area contributed by atoms with Crippen molar-refractivity contribution >= 4 is 0 Å². The Balaban J connectivity index is 1.78. The maximum absolute atomic E-state index is 4.92. The second-order valence-corrected chi connectivity index (χ2v) is 4.28. The predicted octanol–water partition coefficient (Wildman–Crippen LogP) is 1.01. The molecule has 0 fully saturated rings. The first-order valence-corrected chi connectivity index (χ1v) is 6.20. The number of hydrogen-bond acceptors (Lipinski definition) is 5. The molecule has 18 heavy (non-hydrogen) atoms. The van der Waals surface area contributed by atoms with Gasteiger partial charge in [-0.3, -0.25) is 4.68 Å². The Morgan fingerprint density at radius 2 is 2.28 bits per heavy atom. The Hall–Kier alpha value is -1.69. The third-order valence-corrected chi connectivity index (χ3v) is 2.74. The summed E-state index contributed by atoms with van der Waals surface area (Å²) in [6.07, 6.45) is 3.80. The molecule has 0 atom stereocenters. The summed E-state index contributed by atoms with van der Waals surface area (Å²) < 4.78 is 6.78. The molecule has 6 nitrogen and oxygen atoms in total. The normalized spacial score (nSPS) is 11.1. The average Bonchev–Trinajstić information content (AvgIpc) is 2.91. The minimum atomic E-state index is 0.616.